The van der Waals surface area contributed by atoms with Crippen molar-refractivity contribution >= 4 is 16.9 Å². The minimum atomic E-state index is -0.510. The number of aromatic nitrogens is 3. The molecule has 1 aliphatic rings. The molecule has 1 aliphatic carbocycles. The molecule has 1 fully saturated rings. The molecule has 1 atom stereocenters. The number of carbonyl (C=O) groups excluding carboxylic acids is 1. The minimum absolute atomic E-state index is 0.149. The first kappa shape index (κ1) is 21.2. The van der Waals surface area contributed by atoms with Gasteiger partial charge in [-0.15, -0.1) is 5.10 Å². The zero-order valence-corrected chi connectivity index (χ0v) is 18.4. The molecular weight excluding hydrogens is 390 g/mol. The maximum atomic E-state index is 13.0. The maximum Gasteiger partial charge on any atom is 0.314 e. The second-order valence-corrected chi connectivity index (χ2v) is 9.37. The molecule has 0 saturated heterocycles. The van der Waals surface area contributed by atoms with Gasteiger partial charge in [-0.2, -0.15) is 0 Å². The first-order valence-electron chi connectivity index (χ1n) is 11.0. The van der Waals surface area contributed by atoms with E-state index in [1.807, 2.05) is 57.2 Å². The Morgan fingerprint density at radius 1 is 1.10 bits per heavy atom. The smallest absolute Gasteiger partial charge is 0.314 e. The lowest BCUT2D eigenvalue weighted by Crippen LogP contribution is -2.30. The van der Waals surface area contributed by atoms with E-state index in [1.54, 1.807) is 12.1 Å². The number of esters is 1. The van der Waals surface area contributed by atoms with E-state index in [2.05, 4.69) is 10.3 Å². The first-order valence-corrected chi connectivity index (χ1v) is 11.0. The molecule has 4 rings (SSSR count). The third kappa shape index (κ3) is 4.84. The minimum Gasteiger partial charge on any atom is -0.459 e. The van der Waals surface area contributed by atoms with Crippen LogP contribution in [-0.4, -0.2) is 26.6 Å². The van der Waals surface area contributed by atoms with Crippen molar-refractivity contribution in [1.29, 1.82) is 0 Å². The van der Waals surface area contributed by atoms with Gasteiger partial charge in [0.2, 0.25) is 0 Å². The molecule has 31 heavy (non-hydrogen) atoms. The van der Waals surface area contributed by atoms with Gasteiger partial charge in [-0.1, -0.05) is 54.5 Å². The zero-order valence-electron chi connectivity index (χ0n) is 18.4. The van der Waals surface area contributed by atoms with E-state index in [9.17, 15) is 9.59 Å². The highest BCUT2D eigenvalue weighted by Crippen LogP contribution is 2.39. The van der Waals surface area contributed by atoms with Crippen LogP contribution >= 0.6 is 0 Å². The molecule has 1 saturated carbocycles. The van der Waals surface area contributed by atoms with Crippen molar-refractivity contribution in [2.24, 2.45) is 5.92 Å². The van der Waals surface area contributed by atoms with Crippen LogP contribution < -0.4 is 5.56 Å². The molecular formula is C25H29N3O3. The fourth-order valence-electron chi connectivity index (χ4n) is 4.39. The van der Waals surface area contributed by atoms with Gasteiger partial charge in [-0.3, -0.25) is 9.59 Å². The lowest BCUT2D eigenvalue weighted by atomic mass is 9.84. The van der Waals surface area contributed by atoms with E-state index in [4.69, 9.17) is 4.74 Å². The van der Waals surface area contributed by atoms with Crippen molar-refractivity contribution in [1.82, 2.24) is 15.0 Å². The van der Waals surface area contributed by atoms with Gasteiger partial charge < -0.3 is 4.74 Å². The summed E-state index contributed by atoms with van der Waals surface area (Å²) in [6.45, 7) is 6.05. The predicted octanol–water partition coefficient (Wildman–Crippen LogP) is 4.46. The molecule has 6 heteroatoms. The molecule has 0 spiro atoms. The highest BCUT2D eigenvalue weighted by atomic mass is 16.6. The maximum absolute atomic E-state index is 13.0. The van der Waals surface area contributed by atoms with Gasteiger partial charge in [0.15, 0.2) is 0 Å². The third-order valence-electron chi connectivity index (χ3n) is 5.83. The number of fused-ring (bicyclic) bond motifs is 1. The zero-order chi connectivity index (χ0) is 22.0. The average molecular weight is 420 g/mol. The van der Waals surface area contributed by atoms with Crippen molar-refractivity contribution in [2.75, 3.05) is 0 Å². The largest absolute Gasteiger partial charge is 0.459 e. The number of hydrogen-bond acceptors (Lipinski definition) is 5. The Balaban J connectivity index is 1.58. The monoisotopic (exact) mass is 419 g/mol. The average Bonchev–Trinajstić information content (AvgIpc) is 3.24. The highest BCUT2D eigenvalue weighted by molar-refractivity contribution is 5.79. The Hall–Kier alpha value is -3.02. The second-order valence-electron chi connectivity index (χ2n) is 9.37. The first-order chi connectivity index (χ1) is 14.8. The van der Waals surface area contributed by atoms with Gasteiger partial charge in [0.25, 0.3) is 5.56 Å². The summed E-state index contributed by atoms with van der Waals surface area (Å²) in [6.07, 6.45) is 4.42. The Morgan fingerprint density at radius 2 is 1.77 bits per heavy atom. The lowest BCUT2D eigenvalue weighted by molar-refractivity contribution is -0.158. The number of benzene rings is 2. The molecule has 0 bridgehead atoms. The second kappa shape index (κ2) is 8.61. The van der Waals surface area contributed by atoms with Crippen molar-refractivity contribution in [2.45, 2.75) is 64.5 Å². The molecule has 3 aromatic rings. The fraction of sp³-hybridized carbons (Fsp3) is 0.440. The van der Waals surface area contributed by atoms with Crippen molar-refractivity contribution in [3.05, 3.63) is 70.0 Å². The highest BCUT2D eigenvalue weighted by Gasteiger charge is 2.35. The van der Waals surface area contributed by atoms with Gasteiger partial charge in [-0.05, 0) is 62.8 Å². The molecule has 6 nitrogen and oxygen atoms in total. The molecule has 2 aromatic carbocycles. The van der Waals surface area contributed by atoms with Gasteiger partial charge in [-0.25, -0.2) is 4.68 Å². The Morgan fingerprint density at radius 3 is 2.45 bits per heavy atom. The van der Waals surface area contributed by atoms with Crippen LogP contribution in [0.5, 0.6) is 0 Å². The van der Waals surface area contributed by atoms with E-state index < -0.39 is 5.60 Å². The molecule has 1 unspecified atom stereocenters. The number of nitrogens with zero attached hydrogens (tertiary/aromatic N) is 3. The number of rotatable bonds is 5. The van der Waals surface area contributed by atoms with Crippen LogP contribution in [0.1, 0.15) is 63.5 Å². The van der Waals surface area contributed by atoms with Crippen LogP contribution in [0, 0.1) is 5.92 Å². The summed E-state index contributed by atoms with van der Waals surface area (Å²) in [5, 5.41) is 8.77. The number of carbonyl (C=O) groups is 1. The van der Waals surface area contributed by atoms with Crippen LogP contribution in [0.2, 0.25) is 0 Å². The Bertz CT molecular complexity index is 1120. The summed E-state index contributed by atoms with van der Waals surface area (Å²) < 4.78 is 7.12. The number of hydrogen-bond donors (Lipinski definition) is 0. The van der Waals surface area contributed by atoms with Crippen LogP contribution in [0.3, 0.4) is 0 Å². The van der Waals surface area contributed by atoms with Crippen LogP contribution in [0.25, 0.3) is 10.9 Å². The van der Waals surface area contributed by atoms with Gasteiger partial charge in [0, 0.05) is 0 Å². The van der Waals surface area contributed by atoms with E-state index >= 15 is 0 Å². The topological polar surface area (TPSA) is 74.1 Å². The van der Waals surface area contributed by atoms with Crippen LogP contribution in [0.4, 0.5) is 0 Å². The van der Waals surface area contributed by atoms with E-state index in [0.29, 0.717) is 23.4 Å². The van der Waals surface area contributed by atoms with Crippen LogP contribution in [0.15, 0.2) is 53.3 Å². The standard InChI is InChI=1S/C25H29N3O3/c1-25(2,3)31-24(30)22(18-8-4-5-9-18)19-14-12-17(13-15-19)16-28-23(29)20-10-6-7-11-21(20)26-27-28/h6-7,10-15,18,22H,4-5,8-9,16H2,1-3H3. The molecule has 0 N–H and O–H groups in total. The summed E-state index contributed by atoms with van der Waals surface area (Å²) in [7, 11) is 0. The predicted molar refractivity (Wildman–Crippen MR) is 120 cm³/mol. The van der Waals surface area contributed by atoms with Crippen LogP contribution in [-0.2, 0) is 16.1 Å². The molecule has 1 aromatic heterocycles. The summed E-state index contributed by atoms with van der Waals surface area (Å²) in [5.74, 6) is -0.0857. The van der Waals surface area contributed by atoms with E-state index in [0.717, 1.165) is 36.8 Å². The van der Waals surface area contributed by atoms with Gasteiger partial charge in [0.1, 0.15) is 11.1 Å². The van der Waals surface area contributed by atoms with Crippen molar-refractivity contribution in [3.8, 4) is 0 Å². The summed E-state index contributed by atoms with van der Waals surface area (Å²) in [6, 6.07) is 15.1. The van der Waals surface area contributed by atoms with E-state index in [1.165, 1.54) is 4.68 Å². The van der Waals surface area contributed by atoms with Gasteiger partial charge in [0.05, 0.1) is 17.8 Å². The molecule has 0 aliphatic heterocycles. The SMILES string of the molecule is CC(C)(C)OC(=O)C(c1ccc(Cn2nnc3ccccc3c2=O)cc1)C1CCCC1. The fourth-order valence-corrected chi connectivity index (χ4v) is 4.39. The molecule has 162 valence electrons. The molecule has 1 heterocycles. The molecule has 0 amide bonds. The normalized spacial score (nSPS) is 15.8. The summed E-state index contributed by atoms with van der Waals surface area (Å²) in [4.78, 5) is 25.7. The van der Waals surface area contributed by atoms with Crippen molar-refractivity contribution < 1.29 is 9.53 Å². The molecule has 0 radical (unpaired) electrons. The van der Waals surface area contributed by atoms with E-state index in [-0.39, 0.29) is 17.4 Å². The lowest BCUT2D eigenvalue weighted by Gasteiger charge is -2.27. The van der Waals surface area contributed by atoms with Gasteiger partial charge >= 0.3 is 5.97 Å². The number of ether oxygens (including phenoxy) is 1. The summed E-state index contributed by atoms with van der Waals surface area (Å²) >= 11 is 0. The third-order valence-corrected chi connectivity index (χ3v) is 5.83. The quantitative estimate of drug-likeness (QED) is 0.571. The summed E-state index contributed by atoms with van der Waals surface area (Å²) in [5.41, 5.74) is 1.83. The Labute approximate surface area is 182 Å². The Kier molecular flexibility index (Phi) is 5.90. The van der Waals surface area contributed by atoms with Crippen molar-refractivity contribution in [3.63, 3.8) is 0 Å².